The molecule has 2 N–H and O–H groups in total. The van der Waals surface area contributed by atoms with Crippen LogP contribution in [0.3, 0.4) is 0 Å². The predicted octanol–water partition coefficient (Wildman–Crippen LogP) is 3.87. The zero-order chi connectivity index (χ0) is 22.1. The summed E-state index contributed by atoms with van der Waals surface area (Å²) >= 11 is 1.53. The molecule has 170 valence electrons. The summed E-state index contributed by atoms with van der Waals surface area (Å²) in [5.74, 6) is 2.33. The smallest absolute Gasteiger partial charge is 0.306 e. The molecule has 2 saturated heterocycles. The van der Waals surface area contributed by atoms with Crippen LogP contribution in [0.5, 0.6) is 5.75 Å². The van der Waals surface area contributed by atoms with Gasteiger partial charge in [-0.2, -0.15) is 0 Å². The number of ether oxygens (including phenoxy) is 2. The minimum atomic E-state index is -0.335. The Kier molecular flexibility index (Phi) is 5.99. The van der Waals surface area contributed by atoms with Gasteiger partial charge in [0.2, 0.25) is 0 Å². The molecule has 1 aromatic carbocycles. The van der Waals surface area contributed by atoms with Crippen LogP contribution in [-0.4, -0.2) is 46.0 Å². The second-order valence-electron chi connectivity index (χ2n) is 8.83. The van der Waals surface area contributed by atoms with Gasteiger partial charge in [0.25, 0.3) is 0 Å². The zero-order valence-corrected chi connectivity index (χ0v) is 19.2. The molecule has 3 aliphatic rings. The highest BCUT2D eigenvalue weighted by Crippen LogP contribution is 2.51. The number of esters is 1. The van der Waals surface area contributed by atoms with E-state index in [1.54, 1.807) is 0 Å². The molecular weight excluding hydrogens is 424 g/mol. The first-order valence-electron chi connectivity index (χ1n) is 11.5. The van der Waals surface area contributed by atoms with Gasteiger partial charge in [0.05, 0.1) is 31.5 Å². The molecule has 4 heterocycles. The van der Waals surface area contributed by atoms with Gasteiger partial charge < -0.3 is 20.1 Å². The lowest BCUT2D eigenvalue weighted by Crippen LogP contribution is -2.45. The van der Waals surface area contributed by atoms with E-state index in [0.29, 0.717) is 30.9 Å². The highest BCUT2D eigenvalue weighted by atomic mass is 32.2. The number of rotatable bonds is 6. The Labute approximate surface area is 193 Å². The van der Waals surface area contributed by atoms with Crippen LogP contribution in [-0.2, 0) is 9.53 Å². The molecule has 1 aromatic heterocycles. The Morgan fingerprint density at radius 2 is 2.09 bits per heavy atom. The number of hydrogen-bond donors (Lipinski definition) is 1. The van der Waals surface area contributed by atoms with Crippen molar-refractivity contribution >= 4 is 23.5 Å². The third-order valence-electron chi connectivity index (χ3n) is 6.98. The third kappa shape index (κ3) is 3.94. The second kappa shape index (κ2) is 8.90. The highest BCUT2D eigenvalue weighted by Gasteiger charge is 2.53. The number of para-hydroxylation sites is 1. The lowest BCUT2D eigenvalue weighted by atomic mass is 9.80. The average molecular weight is 455 g/mol. The minimum absolute atomic E-state index is 0.0934. The van der Waals surface area contributed by atoms with Crippen molar-refractivity contribution < 1.29 is 14.3 Å². The van der Waals surface area contributed by atoms with E-state index in [9.17, 15) is 4.79 Å². The Morgan fingerprint density at radius 1 is 1.25 bits per heavy atom. The Balaban J connectivity index is 1.27. The maximum Gasteiger partial charge on any atom is 0.306 e. The highest BCUT2D eigenvalue weighted by molar-refractivity contribution is 7.99. The van der Waals surface area contributed by atoms with Crippen molar-refractivity contribution in [1.29, 1.82) is 0 Å². The van der Waals surface area contributed by atoms with Crippen LogP contribution >= 0.6 is 11.8 Å². The van der Waals surface area contributed by atoms with Gasteiger partial charge in [0.1, 0.15) is 22.2 Å². The lowest BCUT2D eigenvalue weighted by molar-refractivity contribution is -0.142. The van der Waals surface area contributed by atoms with E-state index in [1.165, 1.54) is 18.2 Å². The molecule has 7 nitrogen and oxygen atoms in total. The molecule has 32 heavy (non-hydrogen) atoms. The van der Waals surface area contributed by atoms with Crippen molar-refractivity contribution in [3.8, 4) is 5.75 Å². The molecule has 5 rings (SSSR count). The average Bonchev–Trinajstić information content (AvgIpc) is 3.26. The normalized spacial score (nSPS) is 28.3. The van der Waals surface area contributed by atoms with Crippen molar-refractivity contribution in [2.24, 2.45) is 5.73 Å². The summed E-state index contributed by atoms with van der Waals surface area (Å²) in [6.45, 7) is 2.23. The van der Waals surface area contributed by atoms with E-state index >= 15 is 0 Å². The van der Waals surface area contributed by atoms with Crippen LogP contribution in [0, 0.1) is 0 Å². The molecule has 2 aromatic rings. The molecule has 0 radical (unpaired) electrons. The van der Waals surface area contributed by atoms with Crippen LogP contribution in [0.4, 0.5) is 5.82 Å². The predicted molar refractivity (Wildman–Crippen MR) is 124 cm³/mol. The number of nitrogens with zero attached hydrogens (tertiary/aromatic N) is 3. The largest absolute Gasteiger partial charge is 0.485 e. The quantitative estimate of drug-likeness (QED) is 0.520. The van der Waals surface area contributed by atoms with Crippen LogP contribution in [0.15, 0.2) is 41.7 Å². The van der Waals surface area contributed by atoms with Crippen molar-refractivity contribution in [3.05, 3.63) is 42.2 Å². The molecule has 3 aliphatic heterocycles. The fourth-order valence-corrected chi connectivity index (χ4v) is 6.22. The fraction of sp³-hybridized carbons (Fsp3) is 0.542. The van der Waals surface area contributed by atoms with E-state index in [2.05, 4.69) is 16.0 Å². The molecule has 0 saturated carbocycles. The van der Waals surface area contributed by atoms with Crippen molar-refractivity contribution in [2.75, 3.05) is 17.3 Å². The summed E-state index contributed by atoms with van der Waals surface area (Å²) in [5, 5.41) is 0.827. The maximum absolute atomic E-state index is 11.5. The van der Waals surface area contributed by atoms with Crippen molar-refractivity contribution in [1.82, 2.24) is 9.97 Å². The number of benzene rings is 1. The van der Waals surface area contributed by atoms with Gasteiger partial charge in [-0.25, -0.2) is 9.97 Å². The summed E-state index contributed by atoms with van der Waals surface area (Å²) in [6, 6.07) is 8.88. The molecular formula is C24H30N4O3S. The van der Waals surface area contributed by atoms with E-state index in [1.807, 2.05) is 37.5 Å². The first-order valence-corrected chi connectivity index (χ1v) is 12.5. The van der Waals surface area contributed by atoms with Gasteiger partial charge in [-0.15, -0.1) is 11.8 Å². The molecule has 2 bridgehead atoms. The van der Waals surface area contributed by atoms with Crippen molar-refractivity contribution in [3.63, 3.8) is 0 Å². The standard InChI is InChI=1S/C24H30N4O3S/c1-2-30-22(29)10-12-32-21-15-26-20(14-27-21)28-16-7-8-17(28)13-24(11-9-16)23(25)18-5-3-4-6-19(18)31-24/h3-6,14-17,23H,2,7-13,25H2,1H3/t16?,17-,23+,24-/m0/s1. The summed E-state index contributed by atoms with van der Waals surface area (Å²) in [6.07, 6.45) is 9.25. The molecule has 1 spiro atoms. The SMILES string of the molecule is CCOC(=O)CCSc1cnc(N2C3CC[C@H]2C[C@]2(CC3)Oc3ccccc3[C@H]2N)cn1. The maximum atomic E-state index is 11.5. The van der Waals surface area contributed by atoms with Gasteiger partial charge in [0, 0.05) is 29.8 Å². The Bertz CT molecular complexity index is 972. The van der Waals surface area contributed by atoms with Crippen molar-refractivity contribution in [2.45, 2.75) is 74.2 Å². The zero-order valence-electron chi connectivity index (χ0n) is 18.4. The fourth-order valence-electron chi connectivity index (χ4n) is 5.49. The molecule has 4 atom stereocenters. The summed E-state index contributed by atoms with van der Waals surface area (Å²) < 4.78 is 11.5. The summed E-state index contributed by atoms with van der Waals surface area (Å²) in [4.78, 5) is 23.3. The molecule has 1 unspecified atom stereocenters. The lowest BCUT2D eigenvalue weighted by Gasteiger charge is -2.35. The first-order chi connectivity index (χ1) is 15.6. The molecule has 2 fully saturated rings. The topological polar surface area (TPSA) is 90.6 Å². The van der Waals surface area contributed by atoms with Gasteiger partial charge >= 0.3 is 5.97 Å². The summed E-state index contributed by atoms with van der Waals surface area (Å²) in [5.41, 5.74) is 7.53. The molecule has 0 aliphatic carbocycles. The number of carbonyl (C=O) groups excluding carboxylic acids is 1. The number of hydrogen-bond acceptors (Lipinski definition) is 8. The van der Waals surface area contributed by atoms with Crippen LogP contribution in [0.25, 0.3) is 0 Å². The van der Waals surface area contributed by atoms with Crippen LogP contribution in [0.2, 0.25) is 0 Å². The van der Waals surface area contributed by atoms with E-state index < -0.39 is 0 Å². The van der Waals surface area contributed by atoms with E-state index in [0.717, 1.165) is 47.8 Å². The van der Waals surface area contributed by atoms with Gasteiger partial charge in [-0.05, 0) is 38.7 Å². The van der Waals surface area contributed by atoms with E-state index in [-0.39, 0.29) is 17.6 Å². The Morgan fingerprint density at radius 3 is 2.88 bits per heavy atom. The first kappa shape index (κ1) is 21.5. The number of fused-ring (bicyclic) bond motifs is 3. The van der Waals surface area contributed by atoms with Crippen LogP contribution in [0.1, 0.15) is 57.1 Å². The van der Waals surface area contributed by atoms with Gasteiger partial charge in [-0.3, -0.25) is 4.79 Å². The molecule has 8 heteroatoms. The molecule has 0 amide bonds. The Hall–Kier alpha value is -2.32. The van der Waals surface area contributed by atoms with E-state index in [4.69, 9.17) is 20.2 Å². The number of nitrogens with two attached hydrogens (primary N) is 1. The van der Waals surface area contributed by atoms with Gasteiger partial charge in [0.15, 0.2) is 0 Å². The second-order valence-corrected chi connectivity index (χ2v) is 9.95. The van der Waals surface area contributed by atoms with Gasteiger partial charge in [-0.1, -0.05) is 18.2 Å². The third-order valence-corrected chi connectivity index (χ3v) is 7.89. The number of carbonyl (C=O) groups is 1. The minimum Gasteiger partial charge on any atom is -0.485 e. The van der Waals surface area contributed by atoms with Crippen LogP contribution < -0.4 is 15.4 Å². The monoisotopic (exact) mass is 454 g/mol. The number of anilines is 1. The number of thioether (sulfide) groups is 1. The number of aromatic nitrogens is 2. The summed E-state index contributed by atoms with van der Waals surface area (Å²) in [7, 11) is 0.